The highest BCUT2D eigenvalue weighted by Gasteiger charge is 2.33. The van der Waals surface area contributed by atoms with Gasteiger partial charge in [-0.25, -0.2) is 0 Å². The average Bonchev–Trinajstić information content (AvgIpc) is 2.79. The molecule has 3 unspecified atom stereocenters. The van der Waals surface area contributed by atoms with Crippen molar-refractivity contribution in [3.63, 3.8) is 0 Å². The minimum absolute atomic E-state index is 0.171. The molecule has 1 aromatic rings. The molecular formula is C16H23NO2. The van der Waals surface area contributed by atoms with E-state index in [0.717, 1.165) is 26.1 Å². The van der Waals surface area contributed by atoms with Crippen LogP contribution in [0.5, 0.6) is 0 Å². The predicted octanol–water partition coefficient (Wildman–Crippen LogP) is 2.00. The average molecular weight is 261 g/mol. The molecule has 3 heteroatoms. The number of likely N-dealkylation sites (tertiary alicyclic amines) is 1. The summed E-state index contributed by atoms with van der Waals surface area (Å²) in [4.78, 5) is 2.40. The molecule has 1 saturated heterocycles. The van der Waals surface area contributed by atoms with Crippen LogP contribution in [0, 0.1) is 5.92 Å². The van der Waals surface area contributed by atoms with E-state index in [9.17, 15) is 5.11 Å². The second-order valence-corrected chi connectivity index (χ2v) is 5.82. The van der Waals surface area contributed by atoms with Gasteiger partial charge in [0.25, 0.3) is 0 Å². The molecule has 0 radical (unpaired) electrons. The maximum atomic E-state index is 9.55. The fraction of sp³-hybridized carbons (Fsp3) is 0.625. The van der Waals surface area contributed by atoms with Crippen molar-refractivity contribution in [2.45, 2.75) is 31.9 Å². The van der Waals surface area contributed by atoms with Crippen molar-refractivity contribution in [2.24, 2.45) is 5.92 Å². The third-order valence-corrected chi connectivity index (χ3v) is 4.68. The van der Waals surface area contributed by atoms with Crippen LogP contribution in [0.1, 0.15) is 30.6 Å². The fourth-order valence-corrected chi connectivity index (χ4v) is 3.45. The molecule has 3 nitrogen and oxygen atoms in total. The van der Waals surface area contributed by atoms with Gasteiger partial charge in [-0.15, -0.1) is 0 Å². The van der Waals surface area contributed by atoms with Crippen LogP contribution < -0.4 is 0 Å². The SMILES string of the molecule is CC1CCN(CC2OCCc3ccccc32)C1CO. The molecule has 3 rings (SSSR count). The second-order valence-electron chi connectivity index (χ2n) is 5.82. The lowest BCUT2D eigenvalue weighted by atomic mass is 9.97. The Morgan fingerprint density at radius 2 is 2.21 bits per heavy atom. The molecule has 3 atom stereocenters. The van der Waals surface area contributed by atoms with Gasteiger partial charge in [-0.3, -0.25) is 4.90 Å². The third kappa shape index (κ3) is 2.55. The number of aliphatic hydroxyl groups is 1. The molecule has 2 aliphatic heterocycles. The maximum Gasteiger partial charge on any atom is 0.0954 e. The van der Waals surface area contributed by atoms with E-state index in [1.54, 1.807) is 0 Å². The van der Waals surface area contributed by atoms with Crippen LogP contribution in [0.2, 0.25) is 0 Å². The number of ether oxygens (including phenoxy) is 1. The highest BCUT2D eigenvalue weighted by molar-refractivity contribution is 5.31. The number of hydrogen-bond acceptors (Lipinski definition) is 3. The molecule has 0 aliphatic carbocycles. The van der Waals surface area contributed by atoms with E-state index in [1.807, 2.05) is 0 Å². The molecule has 104 valence electrons. The van der Waals surface area contributed by atoms with E-state index in [1.165, 1.54) is 17.5 Å². The van der Waals surface area contributed by atoms with Gasteiger partial charge in [0.1, 0.15) is 0 Å². The lowest BCUT2D eigenvalue weighted by molar-refractivity contribution is 0.00536. The molecule has 0 aromatic heterocycles. The molecule has 0 amide bonds. The minimum atomic E-state index is 0.171. The first-order valence-electron chi connectivity index (χ1n) is 7.34. The topological polar surface area (TPSA) is 32.7 Å². The first kappa shape index (κ1) is 13.1. The second kappa shape index (κ2) is 5.61. The summed E-state index contributed by atoms with van der Waals surface area (Å²) in [6.45, 7) is 5.29. The zero-order chi connectivity index (χ0) is 13.2. The molecule has 2 aliphatic rings. The van der Waals surface area contributed by atoms with Crippen molar-refractivity contribution in [2.75, 3.05) is 26.3 Å². The highest BCUT2D eigenvalue weighted by Crippen LogP contribution is 2.31. The van der Waals surface area contributed by atoms with Crippen molar-refractivity contribution in [1.29, 1.82) is 0 Å². The van der Waals surface area contributed by atoms with Crippen LogP contribution in [0.25, 0.3) is 0 Å². The molecule has 0 saturated carbocycles. The van der Waals surface area contributed by atoms with Crippen LogP contribution in [0.3, 0.4) is 0 Å². The van der Waals surface area contributed by atoms with Gasteiger partial charge in [0.2, 0.25) is 0 Å². The Morgan fingerprint density at radius 3 is 3.05 bits per heavy atom. The van der Waals surface area contributed by atoms with Crippen LogP contribution >= 0.6 is 0 Å². The molecule has 19 heavy (non-hydrogen) atoms. The Morgan fingerprint density at radius 1 is 1.37 bits per heavy atom. The summed E-state index contributed by atoms with van der Waals surface area (Å²) in [5.41, 5.74) is 2.76. The third-order valence-electron chi connectivity index (χ3n) is 4.68. The van der Waals surface area contributed by atoms with Crippen molar-refractivity contribution >= 4 is 0 Å². The van der Waals surface area contributed by atoms with E-state index < -0.39 is 0 Å². The lowest BCUT2D eigenvalue weighted by Gasteiger charge is -2.32. The van der Waals surface area contributed by atoms with Gasteiger partial charge in [-0.05, 0) is 36.4 Å². The maximum absolute atomic E-state index is 9.55. The fourth-order valence-electron chi connectivity index (χ4n) is 3.45. The standard InChI is InChI=1S/C16H23NO2/c1-12-6-8-17(15(12)11-18)10-16-14-5-3-2-4-13(14)7-9-19-16/h2-5,12,15-16,18H,6-11H2,1H3. The summed E-state index contributed by atoms with van der Waals surface area (Å²) in [5, 5.41) is 9.55. The van der Waals surface area contributed by atoms with Gasteiger partial charge in [-0.1, -0.05) is 31.2 Å². The molecule has 1 aromatic carbocycles. The zero-order valence-electron chi connectivity index (χ0n) is 11.6. The van der Waals surface area contributed by atoms with Crippen molar-refractivity contribution < 1.29 is 9.84 Å². The number of fused-ring (bicyclic) bond motifs is 1. The Balaban J connectivity index is 1.74. The number of nitrogens with zero attached hydrogens (tertiary/aromatic N) is 1. The van der Waals surface area contributed by atoms with E-state index >= 15 is 0 Å². The monoisotopic (exact) mass is 261 g/mol. The van der Waals surface area contributed by atoms with Gasteiger partial charge < -0.3 is 9.84 Å². The molecule has 1 fully saturated rings. The number of aliphatic hydroxyl groups excluding tert-OH is 1. The van der Waals surface area contributed by atoms with Gasteiger partial charge >= 0.3 is 0 Å². The highest BCUT2D eigenvalue weighted by atomic mass is 16.5. The van der Waals surface area contributed by atoms with E-state index in [2.05, 4.69) is 36.1 Å². The van der Waals surface area contributed by atoms with E-state index in [4.69, 9.17) is 4.74 Å². The minimum Gasteiger partial charge on any atom is -0.395 e. The van der Waals surface area contributed by atoms with Gasteiger partial charge in [0.15, 0.2) is 0 Å². The molecule has 0 spiro atoms. The molecule has 2 heterocycles. The summed E-state index contributed by atoms with van der Waals surface area (Å²) < 4.78 is 5.97. The number of rotatable bonds is 3. The normalized spacial score (nSPS) is 31.4. The number of benzene rings is 1. The smallest absolute Gasteiger partial charge is 0.0954 e. The zero-order valence-corrected chi connectivity index (χ0v) is 11.6. The first-order valence-corrected chi connectivity index (χ1v) is 7.34. The quantitative estimate of drug-likeness (QED) is 0.903. The molecule has 0 bridgehead atoms. The van der Waals surface area contributed by atoms with Crippen LogP contribution in [-0.2, 0) is 11.2 Å². The van der Waals surface area contributed by atoms with Crippen molar-refractivity contribution in [3.05, 3.63) is 35.4 Å². The largest absolute Gasteiger partial charge is 0.395 e. The first-order chi connectivity index (χ1) is 9.29. The van der Waals surface area contributed by atoms with Gasteiger partial charge in [0, 0.05) is 12.6 Å². The Hall–Kier alpha value is -0.900. The predicted molar refractivity (Wildman–Crippen MR) is 75.1 cm³/mol. The van der Waals surface area contributed by atoms with Crippen LogP contribution in [0.15, 0.2) is 24.3 Å². The summed E-state index contributed by atoms with van der Waals surface area (Å²) in [6.07, 6.45) is 2.37. The van der Waals surface area contributed by atoms with E-state index in [0.29, 0.717) is 12.0 Å². The molecular weight excluding hydrogens is 238 g/mol. The van der Waals surface area contributed by atoms with Crippen molar-refractivity contribution in [3.8, 4) is 0 Å². The van der Waals surface area contributed by atoms with Gasteiger partial charge in [0.05, 0.1) is 19.3 Å². The Bertz CT molecular complexity index is 435. The Kier molecular flexibility index (Phi) is 3.87. The van der Waals surface area contributed by atoms with Crippen LogP contribution in [-0.4, -0.2) is 42.4 Å². The van der Waals surface area contributed by atoms with E-state index in [-0.39, 0.29) is 12.7 Å². The lowest BCUT2D eigenvalue weighted by Crippen LogP contribution is -2.39. The summed E-state index contributed by atoms with van der Waals surface area (Å²) in [7, 11) is 0. The summed E-state index contributed by atoms with van der Waals surface area (Å²) in [6, 6.07) is 8.90. The van der Waals surface area contributed by atoms with Crippen LogP contribution in [0.4, 0.5) is 0 Å². The Labute approximate surface area is 115 Å². The van der Waals surface area contributed by atoms with Gasteiger partial charge in [-0.2, -0.15) is 0 Å². The summed E-state index contributed by atoms with van der Waals surface area (Å²) in [5.74, 6) is 0.587. The number of hydrogen-bond donors (Lipinski definition) is 1. The van der Waals surface area contributed by atoms with Crippen molar-refractivity contribution in [1.82, 2.24) is 4.90 Å². The summed E-state index contributed by atoms with van der Waals surface area (Å²) >= 11 is 0. The molecule has 1 N–H and O–H groups in total.